The van der Waals surface area contributed by atoms with Gasteiger partial charge in [0.1, 0.15) is 0 Å². The van der Waals surface area contributed by atoms with Crippen molar-refractivity contribution in [3.05, 3.63) is 34.9 Å². The molecule has 1 unspecified atom stereocenters. The van der Waals surface area contributed by atoms with E-state index in [1.54, 1.807) is 0 Å². The van der Waals surface area contributed by atoms with Crippen molar-refractivity contribution >= 4 is 17.6 Å². The van der Waals surface area contributed by atoms with Crippen molar-refractivity contribution in [3.8, 4) is 0 Å². The van der Waals surface area contributed by atoms with Gasteiger partial charge in [0.05, 0.1) is 6.42 Å². The smallest absolute Gasteiger partial charge is 0.304 e. The number of carboxylic acids is 1. The summed E-state index contributed by atoms with van der Waals surface area (Å²) < 4.78 is 0. The molecular weight excluding hydrogens is 212 g/mol. The summed E-state index contributed by atoms with van der Waals surface area (Å²) in [6.45, 7) is 4.05. The molecular formula is C12H15ClO2. The molecule has 0 heterocycles. The van der Waals surface area contributed by atoms with Crippen molar-refractivity contribution < 1.29 is 9.90 Å². The normalized spacial score (nSPS) is 12.5. The van der Waals surface area contributed by atoms with Gasteiger partial charge in [-0.1, -0.05) is 23.8 Å². The molecule has 82 valence electrons. The van der Waals surface area contributed by atoms with Crippen molar-refractivity contribution in [3.63, 3.8) is 0 Å². The Morgan fingerprint density at radius 1 is 1.47 bits per heavy atom. The van der Waals surface area contributed by atoms with Crippen molar-refractivity contribution in [1.29, 1.82) is 0 Å². The maximum absolute atomic E-state index is 10.5. The summed E-state index contributed by atoms with van der Waals surface area (Å²) >= 11 is 5.94. The second-order valence-corrected chi connectivity index (χ2v) is 4.45. The van der Waals surface area contributed by atoms with E-state index in [-0.39, 0.29) is 11.8 Å². The monoisotopic (exact) mass is 226 g/mol. The number of alkyl halides is 1. The highest BCUT2D eigenvalue weighted by Crippen LogP contribution is 2.16. The van der Waals surface area contributed by atoms with E-state index in [0.717, 1.165) is 5.56 Å². The van der Waals surface area contributed by atoms with Crippen LogP contribution in [-0.4, -0.2) is 16.5 Å². The van der Waals surface area contributed by atoms with E-state index in [2.05, 4.69) is 6.07 Å². The van der Waals surface area contributed by atoms with Gasteiger partial charge >= 0.3 is 5.97 Å². The van der Waals surface area contributed by atoms with Gasteiger partial charge in [-0.15, -0.1) is 11.6 Å². The van der Waals surface area contributed by atoms with Gasteiger partial charge in [-0.05, 0) is 31.4 Å². The largest absolute Gasteiger partial charge is 0.481 e. The fourth-order valence-electron chi connectivity index (χ4n) is 1.58. The Hall–Kier alpha value is -1.02. The summed E-state index contributed by atoms with van der Waals surface area (Å²) in [6.07, 6.45) is 0.620. The van der Waals surface area contributed by atoms with Crippen LogP contribution in [-0.2, 0) is 11.2 Å². The minimum absolute atomic E-state index is 0.00880. The van der Waals surface area contributed by atoms with Crippen LogP contribution in [0.25, 0.3) is 0 Å². The van der Waals surface area contributed by atoms with Gasteiger partial charge in [-0.3, -0.25) is 4.79 Å². The van der Waals surface area contributed by atoms with E-state index >= 15 is 0 Å². The third-order valence-electron chi connectivity index (χ3n) is 2.34. The first-order valence-electron chi connectivity index (χ1n) is 4.91. The molecule has 0 aromatic heterocycles. The molecule has 1 N–H and O–H groups in total. The second kappa shape index (κ2) is 5.17. The number of carboxylic acid groups (broad SMARTS) is 1. The lowest BCUT2D eigenvalue weighted by atomic mass is 10.0. The van der Waals surface area contributed by atoms with Crippen LogP contribution in [0.1, 0.15) is 23.1 Å². The molecule has 1 rings (SSSR count). The van der Waals surface area contributed by atoms with Crippen LogP contribution in [0.15, 0.2) is 18.2 Å². The standard InChI is InChI=1S/C12H15ClO2/c1-8-3-4-10(9(2)5-8)6-11(13)7-12(14)15/h3-5,11H,6-7H2,1-2H3,(H,14,15). The van der Waals surface area contributed by atoms with Crippen LogP contribution in [0, 0.1) is 13.8 Å². The fourth-order valence-corrected chi connectivity index (χ4v) is 1.87. The molecule has 0 aliphatic rings. The first kappa shape index (κ1) is 12.1. The van der Waals surface area contributed by atoms with Crippen LogP contribution in [0.4, 0.5) is 0 Å². The lowest BCUT2D eigenvalue weighted by Crippen LogP contribution is -2.10. The quantitative estimate of drug-likeness (QED) is 0.802. The van der Waals surface area contributed by atoms with Gasteiger partial charge in [0.2, 0.25) is 0 Å². The fraction of sp³-hybridized carbons (Fsp3) is 0.417. The highest BCUT2D eigenvalue weighted by molar-refractivity contribution is 6.21. The number of aliphatic carboxylic acids is 1. The minimum Gasteiger partial charge on any atom is -0.481 e. The van der Waals surface area contributed by atoms with Gasteiger partial charge in [0.15, 0.2) is 0 Å². The Labute approximate surface area is 94.9 Å². The Morgan fingerprint density at radius 2 is 2.13 bits per heavy atom. The Balaban J connectivity index is 2.68. The zero-order chi connectivity index (χ0) is 11.4. The second-order valence-electron chi connectivity index (χ2n) is 3.83. The number of hydrogen-bond acceptors (Lipinski definition) is 1. The van der Waals surface area contributed by atoms with E-state index in [1.165, 1.54) is 11.1 Å². The number of hydrogen-bond donors (Lipinski definition) is 1. The zero-order valence-corrected chi connectivity index (χ0v) is 9.71. The molecule has 0 saturated carbocycles. The molecule has 0 amide bonds. The average Bonchev–Trinajstić information content (AvgIpc) is 2.08. The lowest BCUT2D eigenvalue weighted by Gasteiger charge is -2.10. The summed E-state index contributed by atoms with van der Waals surface area (Å²) in [4.78, 5) is 10.5. The molecule has 2 nitrogen and oxygen atoms in total. The third-order valence-corrected chi connectivity index (χ3v) is 2.64. The van der Waals surface area contributed by atoms with Crippen LogP contribution in [0.5, 0.6) is 0 Å². The van der Waals surface area contributed by atoms with E-state index in [4.69, 9.17) is 16.7 Å². The predicted molar refractivity (Wildman–Crippen MR) is 61.5 cm³/mol. The number of aryl methyl sites for hydroxylation is 2. The summed E-state index contributed by atoms with van der Waals surface area (Å²) in [5.74, 6) is -0.847. The lowest BCUT2D eigenvalue weighted by molar-refractivity contribution is -0.137. The van der Waals surface area contributed by atoms with Gasteiger partial charge in [-0.2, -0.15) is 0 Å². The molecule has 1 atom stereocenters. The summed E-state index contributed by atoms with van der Waals surface area (Å²) in [7, 11) is 0. The molecule has 1 aromatic carbocycles. The molecule has 0 radical (unpaired) electrons. The van der Waals surface area contributed by atoms with E-state index < -0.39 is 5.97 Å². The van der Waals surface area contributed by atoms with Crippen LogP contribution in [0.3, 0.4) is 0 Å². The molecule has 0 bridgehead atoms. The van der Waals surface area contributed by atoms with E-state index in [0.29, 0.717) is 6.42 Å². The summed E-state index contributed by atoms with van der Waals surface area (Å²) in [5.41, 5.74) is 3.51. The minimum atomic E-state index is -0.847. The van der Waals surface area contributed by atoms with E-state index in [9.17, 15) is 4.79 Å². The Kier molecular flexibility index (Phi) is 4.15. The molecule has 3 heteroatoms. The van der Waals surface area contributed by atoms with Gasteiger partial charge < -0.3 is 5.11 Å². The molecule has 0 saturated heterocycles. The third kappa shape index (κ3) is 3.92. The van der Waals surface area contributed by atoms with Crippen LogP contribution >= 0.6 is 11.6 Å². The number of benzene rings is 1. The molecule has 0 spiro atoms. The molecule has 0 aliphatic carbocycles. The van der Waals surface area contributed by atoms with Gasteiger partial charge in [0, 0.05) is 5.38 Å². The molecule has 0 aliphatic heterocycles. The van der Waals surface area contributed by atoms with E-state index in [1.807, 2.05) is 26.0 Å². The summed E-state index contributed by atoms with van der Waals surface area (Å²) in [6, 6.07) is 6.12. The molecule has 1 aromatic rings. The van der Waals surface area contributed by atoms with Gasteiger partial charge in [-0.25, -0.2) is 0 Å². The Morgan fingerprint density at radius 3 is 2.67 bits per heavy atom. The van der Waals surface area contributed by atoms with Crippen molar-refractivity contribution in [2.45, 2.75) is 32.1 Å². The maximum atomic E-state index is 10.5. The first-order valence-corrected chi connectivity index (χ1v) is 5.34. The summed E-state index contributed by atoms with van der Waals surface area (Å²) in [5, 5.41) is 8.26. The van der Waals surface area contributed by atoms with Crippen LogP contribution < -0.4 is 0 Å². The zero-order valence-electron chi connectivity index (χ0n) is 8.96. The maximum Gasteiger partial charge on any atom is 0.304 e. The van der Waals surface area contributed by atoms with Crippen LogP contribution in [0.2, 0.25) is 0 Å². The Bertz CT molecular complexity index is 361. The molecule has 15 heavy (non-hydrogen) atoms. The first-order chi connectivity index (χ1) is 6.99. The predicted octanol–water partition coefficient (Wildman–Crippen LogP) is 2.93. The van der Waals surface area contributed by atoms with Crippen molar-refractivity contribution in [1.82, 2.24) is 0 Å². The van der Waals surface area contributed by atoms with Crippen molar-refractivity contribution in [2.75, 3.05) is 0 Å². The van der Waals surface area contributed by atoms with Crippen molar-refractivity contribution in [2.24, 2.45) is 0 Å². The highest BCUT2D eigenvalue weighted by atomic mass is 35.5. The average molecular weight is 227 g/mol. The molecule has 0 fully saturated rings. The number of carbonyl (C=O) groups is 1. The topological polar surface area (TPSA) is 37.3 Å². The number of halogens is 1. The SMILES string of the molecule is Cc1ccc(CC(Cl)CC(=O)O)c(C)c1. The highest BCUT2D eigenvalue weighted by Gasteiger charge is 2.11. The van der Waals surface area contributed by atoms with Gasteiger partial charge in [0.25, 0.3) is 0 Å². The number of rotatable bonds is 4.